The molecular formula is C21H25NO6. The molecule has 2 aliphatic rings. The maximum absolute atomic E-state index is 11.8. The van der Waals surface area contributed by atoms with E-state index in [1.54, 1.807) is 26.4 Å². The Balaban J connectivity index is 2.30. The number of carbonyl (C=O) groups is 1. The van der Waals surface area contributed by atoms with Crippen LogP contribution in [-0.4, -0.2) is 49.6 Å². The summed E-state index contributed by atoms with van der Waals surface area (Å²) in [6.45, 7) is 1.46. The molecule has 0 spiro atoms. The summed E-state index contributed by atoms with van der Waals surface area (Å²) < 4.78 is 16.7. The third-order valence-corrected chi connectivity index (χ3v) is 5.01. The topological polar surface area (TPSA) is 97.2 Å². The summed E-state index contributed by atoms with van der Waals surface area (Å²) in [5.41, 5.74) is 3.21. The van der Waals surface area contributed by atoms with Gasteiger partial charge < -0.3 is 29.7 Å². The zero-order valence-electron chi connectivity index (χ0n) is 16.4. The second-order valence-electron chi connectivity index (χ2n) is 6.71. The average molecular weight is 387 g/mol. The second-order valence-corrected chi connectivity index (χ2v) is 6.71. The minimum atomic E-state index is -1.16. The van der Waals surface area contributed by atoms with E-state index in [-0.39, 0.29) is 17.7 Å². The molecule has 3 rings (SSSR count). The van der Waals surface area contributed by atoms with Gasteiger partial charge in [0.1, 0.15) is 11.9 Å². The van der Waals surface area contributed by atoms with E-state index in [4.69, 9.17) is 14.2 Å². The number of rotatable bonds is 4. The van der Waals surface area contributed by atoms with E-state index in [9.17, 15) is 15.0 Å². The highest BCUT2D eigenvalue weighted by Gasteiger charge is 2.32. The van der Waals surface area contributed by atoms with Gasteiger partial charge in [0.25, 0.3) is 0 Å². The van der Waals surface area contributed by atoms with Gasteiger partial charge in [0.15, 0.2) is 11.5 Å². The number of hydrogen-bond acceptors (Lipinski definition) is 6. The van der Waals surface area contributed by atoms with Crippen LogP contribution in [0.2, 0.25) is 0 Å². The molecule has 0 saturated carbocycles. The Morgan fingerprint density at radius 3 is 2.46 bits per heavy atom. The van der Waals surface area contributed by atoms with Crippen molar-refractivity contribution in [2.24, 2.45) is 0 Å². The number of fused-ring (bicyclic) bond motifs is 3. The van der Waals surface area contributed by atoms with Crippen LogP contribution in [0.25, 0.3) is 5.57 Å². The van der Waals surface area contributed by atoms with Gasteiger partial charge in [0.2, 0.25) is 11.7 Å². The number of hydrogen-bond donors (Lipinski definition) is 3. The first kappa shape index (κ1) is 19.8. The van der Waals surface area contributed by atoms with Gasteiger partial charge in [-0.3, -0.25) is 4.79 Å². The van der Waals surface area contributed by atoms with Gasteiger partial charge in [-0.25, -0.2) is 0 Å². The predicted octanol–water partition coefficient (Wildman–Crippen LogP) is 2.29. The summed E-state index contributed by atoms with van der Waals surface area (Å²) >= 11 is 0. The molecule has 0 radical (unpaired) electrons. The van der Waals surface area contributed by atoms with Crippen LogP contribution in [-0.2, 0) is 11.2 Å². The minimum absolute atomic E-state index is 0.171. The second kappa shape index (κ2) is 7.98. The molecule has 0 fully saturated rings. The smallest absolute Gasteiger partial charge is 0.217 e. The molecule has 1 aromatic rings. The molecule has 1 amide bonds. The molecular weight excluding hydrogens is 362 g/mol. The zero-order valence-corrected chi connectivity index (χ0v) is 16.4. The molecule has 0 aromatic heterocycles. The zero-order chi connectivity index (χ0) is 20.4. The first-order valence-electron chi connectivity index (χ1n) is 9.01. The van der Waals surface area contributed by atoms with Crippen molar-refractivity contribution < 1.29 is 29.2 Å². The van der Waals surface area contributed by atoms with Crippen LogP contribution >= 0.6 is 0 Å². The highest BCUT2D eigenvalue weighted by atomic mass is 16.5. The largest absolute Gasteiger partial charge is 0.509 e. The van der Waals surface area contributed by atoms with Crippen molar-refractivity contribution in [3.63, 3.8) is 0 Å². The number of aliphatic hydroxyl groups is 2. The molecule has 0 saturated heterocycles. The maximum atomic E-state index is 11.8. The summed E-state index contributed by atoms with van der Waals surface area (Å²) in [7, 11) is 4.65. The number of benzene rings is 1. The Bertz CT molecular complexity index is 883. The Morgan fingerprint density at radius 1 is 1.14 bits per heavy atom. The number of aryl methyl sites for hydroxylation is 1. The van der Waals surface area contributed by atoms with Crippen LogP contribution in [0.15, 0.2) is 35.6 Å². The van der Waals surface area contributed by atoms with E-state index in [1.807, 2.05) is 6.07 Å². The molecule has 28 heavy (non-hydrogen) atoms. The summed E-state index contributed by atoms with van der Waals surface area (Å²) in [5.74, 6) is 1.17. The lowest BCUT2D eigenvalue weighted by Crippen LogP contribution is -2.35. The van der Waals surface area contributed by atoms with Crippen LogP contribution in [0.5, 0.6) is 17.2 Å². The Hall–Kier alpha value is -2.93. The molecule has 0 bridgehead atoms. The van der Waals surface area contributed by atoms with Crippen LogP contribution in [0.4, 0.5) is 0 Å². The predicted molar refractivity (Wildman–Crippen MR) is 105 cm³/mol. The molecule has 0 aliphatic heterocycles. The molecule has 7 heteroatoms. The van der Waals surface area contributed by atoms with Crippen molar-refractivity contribution in [3.05, 3.63) is 46.8 Å². The first-order valence-corrected chi connectivity index (χ1v) is 9.01. The van der Waals surface area contributed by atoms with Crippen molar-refractivity contribution >= 4 is 11.5 Å². The average Bonchev–Trinajstić information content (AvgIpc) is 2.90. The van der Waals surface area contributed by atoms with Gasteiger partial charge in [-0.05, 0) is 47.8 Å². The first-order chi connectivity index (χ1) is 13.4. The SMILES string of the molecule is COc1cc2c(c(OC)c1OC)C1=CC=C(O)C(O)C=C1[C@@H](NC(C)=O)CC2. The van der Waals surface area contributed by atoms with Gasteiger partial charge in [0, 0.05) is 12.5 Å². The fourth-order valence-electron chi connectivity index (χ4n) is 3.79. The monoisotopic (exact) mass is 387 g/mol. The number of ether oxygens (including phenoxy) is 3. The fraction of sp³-hybridized carbons (Fsp3) is 0.381. The number of aliphatic hydroxyl groups excluding tert-OH is 2. The molecule has 1 unspecified atom stereocenters. The molecule has 2 atom stereocenters. The van der Waals surface area contributed by atoms with Crippen LogP contribution < -0.4 is 19.5 Å². The normalized spacial score (nSPS) is 21.0. The molecule has 3 N–H and O–H groups in total. The number of amides is 1. The van der Waals surface area contributed by atoms with Crippen LogP contribution in [0, 0.1) is 0 Å². The van der Waals surface area contributed by atoms with Gasteiger partial charge in [-0.15, -0.1) is 0 Å². The molecule has 1 aromatic carbocycles. The van der Waals surface area contributed by atoms with Crippen molar-refractivity contribution in [2.75, 3.05) is 21.3 Å². The lowest BCUT2D eigenvalue weighted by Gasteiger charge is -2.23. The summed E-state index contributed by atoms with van der Waals surface area (Å²) in [4.78, 5) is 11.8. The molecule has 150 valence electrons. The number of carbonyl (C=O) groups excluding carboxylic acids is 1. The fourth-order valence-corrected chi connectivity index (χ4v) is 3.79. The van der Waals surface area contributed by atoms with Crippen molar-refractivity contribution in [3.8, 4) is 17.2 Å². The van der Waals surface area contributed by atoms with E-state index in [2.05, 4.69) is 5.32 Å². The van der Waals surface area contributed by atoms with Crippen LogP contribution in [0.3, 0.4) is 0 Å². The van der Waals surface area contributed by atoms with Crippen molar-refractivity contribution in [2.45, 2.75) is 31.9 Å². The number of allylic oxidation sites excluding steroid dienone is 2. The summed E-state index contributed by atoms with van der Waals surface area (Å²) in [6, 6.07) is 1.57. The lowest BCUT2D eigenvalue weighted by atomic mass is 9.91. The third-order valence-electron chi connectivity index (χ3n) is 5.01. The quantitative estimate of drug-likeness (QED) is 0.733. The lowest BCUT2D eigenvalue weighted by molar-refractivity contribution is -0.119. The van der Waals surface area contributed by atoms with E-state index in [0.717, 1.165) is 16.7 Å². The highest BCUT2D eigenvalue weighted by molar-refractivity contribution is 5.90. The Labute approximate surface area is 163 Å². The minimum Gasteiger partial charge on any atom is -0.509 e. The third kappa shape index (κ3) is 3.45. The highest BCUT2D eigenvalue weighted by Crippen LogP contribution is 2.49. The van der Waals surface area contributed by atoms with Crippen molar-refractivity contribution in [1.82, 2.24) is 5.32 Å². The number of methoxy groups -OCH3 is 3. The Morgan fingerprint density at radius 2 is 1.86 bits per heavy atom. The molecule has 2 aliphatic carbocycles. The molecule has 7 nitrogen and oxygen atoms in total. The van der Waals surface area contributed by atoms with Gasteiger partial charge >= 0.3 is 0 Å². The maximum Gasteiger partial charge on any atom is 0.217 e. The summed E-state index contributed by atoms with van der Waals surface area (Å²) in [6.07, 6.45) is 4.85. The van der Waals surface area contributed by atoms with Gasteiger partial charge in [-0.2, -0.15) is 0 Å². The molecule has 0 heterocycles. The standard InChI is InChI=1S/C21H25NO6/c1-11(23)22-15-7-5-12-9-18(26-2)20(27-3)21(28-4)19(12)13-6-8-16(24)17(25)10-14(13)15/h6,8-10,15,17,24-25H,5,7H2,1-4H3,(H,22,23)/t15-,17?/m0/s1. The van der Waals surface area contributed by atoms with E-state index < -0.39 is 6.10 Å². The van der Waals surface area contributed by atoms with Gasteiger partial charge in [0.05, 0.1) is 27.4 Å². The van der Waals surface area contributed by atoms with Gasteiger partial charge in [-0.1, -0.05) is 6.08 Å². The van der Waals surface area contributed by atoms with E-state index in [1.165, 1.54) is 20.1 Å². The van der Waals surface area contributed by atoms with E-state index in [0.29, 0.717) is 35.7 Å². The summed E-state index contributed by atoms with van der Waals surface area (Å²) in [5, 5.41) is 23.3. The van der Waals surface area contributed by atoms with E-state index >= 15 is 0 Å². The van der Waals surface area contributed by atoms with Crippen molar-refractivity contribution in [1.29, 1.82) is 0 Å². The Kier molecular flexibility index (Phi) is 5.65. The van der Waals surface area contributed by atoms with Crippen LogP contribution in [0.1, 0.15) is 24.5 Å². The number of nitrogens with one attached hydrogen (secondary N) is 1.